The molecule has 1 aromatic heterocycles. The van der Waals surface area contributed by atoms with E-state index < -0.39 is 4.92 Å². The Hall–Kier alpha value is -2.76. The number of benzene rings is 1. The molecule has 108 valence electrons. The highest BCUT2D eigenvalue weighted by atomic mass is 16.6. The third kappa shape index (κ3) is 3.05. The van der Waals surface area contributed by atoms with Gasteiger partial charge in [0.15, 0.2) is 5.78 Å². The number of nitro benzene ring substituents is 1. The fraction of sp³-hybridized carbons (Fsp3) is 0.200. The molecule has 0 fully saturated rings. The number of ketones is 1. The Bertz CT molecular complexity index is 726. The molecule has 0 radical (unpaired) electrons. The fourth-order valence-corrected chi connectivity index (χ4v) is 2.04. The summed E-state index contributed by atoms with van der Waals surface area (Å²) < 4.78 is 5.58. The second-order valence-electron chi connectivity index (χ2n) is 4.70. The SMILES string of the molecule is CC(=O)c1cccnc1Oc1c(C)cc(C)cc1[N+](=O)[O-]. The number of hydrogen-bond acceptors (Lipinski definition) is 5. The fourth-order valence-electron chi connectivity index (χ4n) is 2.04. The number of Topliss-reactive ketones (excluding diaryl/α,β-unsaturated/α-hetero) is 1. The molecule has 2 aromatic rings. The molecule has 0 N–H and O–H groups in total. The summed E-state index contributed by atoms with van der Waals surface area (Å²) in [6.45, 7) is 4.87. The summed E-state index contributed by atoms with van der Waals surface area (Å²) >= 11 is 0. The summed E-state index contributed by atoms with van der Waals surface area (Å²) in [5, 5.41) is 11.2. The maximum atomic E-state index is 11.6. The average Bonchev–Trinajstić information content (AvgIpc) is 2.41. The average molecular weight is 286 g/mol. The molecule has 0 spiro atoms. The molecule has 0 aliphatic rings. The molecule has 21 heavy (non-hydrogen) atoms. The Kier molecular flexibility index (Phi) is 3.98. The minimum absolute atomic E-state index is 0.0695. The molecule has 2 rings (SSSR count). The molecule has 0 amide bonds. The lowest BCUT2D eigenvalue weighted by Crippen LogP contribution is -2.02. The molecule has 0 unspecified atom stereocenters. The molecule has 6 nitrogen and oxygen atoms in total. The number of aryl methyl sites for hydroxylation is 2. The van der Waals surface area contributed by atoms with E-state index in [0.29, 0.717) is 5.56 Å². The zero-order valence-electron chi connectivity index (χ0n) is 11.9. The van der Waals surface area contributed by atoms with Crippen molar-refractivity contribution in [1.29, 1.82) is 0 Å². The number of carbonyl (C=O) groups is 1. The van der Waals surface area contributed by atoms with E-state index >= 15 is 0 Å². The van der Waals surface area contributed by atoms with Crippen LogP contribution in [0.4, 0.5) is 5.69 Å². The highest BCUT2D eigenvalue weighted by Crippen LogP contribution is 2.36. The van der Waals surface area contributed by atoms with Gasteiger partial charge in [-0.15, -0.1) is 0 Å². The van der Waals surface area contributed by atoms with Gasteiger partial charge in [0.2, 0.25) is 11.6 Å². The Balaban J connectivity index is 2.55. The second kappa shape index (κ2) is 5.70. The van der Waals surface area contributed by atoms with Crippen molar-refractivity contribution in [2.45, 2.75) is 20.8 Å². The van der Waals surface area contributed by atoms with Crippen LogP contribution in [0.2, 0.25) is 0 Å². The molecule has 0 saturated heterocycles. The van der Waals surface area contributed by atoms with Crippen molar-refractivity contribution in [2.24, 2.45) is 0 Å². The lowest BCUT2D eigenvalue weighted by atomic mass is 10.1. The van der Waals surface area contributed by atoms with Gasteiger partial charge in [0.1, 0.15) is 0 Å². The predicted octanol–water partition coefficient (Wildman–Crippen LogP) is 3.60. The Labute approximate surface area is 121 Å². The topological polar surface area (TPSA) is 82.3 Å². The van der Waals surface area contributed by atoms with E-state index in [4.69, 9.17) is 4.74 Å². The summed E-state index contributed by atoms with van der Waals surface area (Å²) in [4.78, 5) is 26.2. The number of pyridine rings is 1. The Morgan fingerprint density at radius 2 is 2.05 bits per heavy atom. The normalized spacial score (nSPS) is 10.2. The van der Waals surface area contributed by atoms with Crippen molar-refractivity contribution < 1.29 is 14.5 Å². The molecular weight excluding hydrogens is 272 g/mol. The number of nitrogens with zero attached hydrogens (tertiary/aromatic N) is 2. The molecule has 1 aromatic carbocycles. The second-order valence-corrected chi connectivity index (χ2v) is 4.70. The van der Waals surface area contributed by atoms with Gasteiger partial charge in [-0.25, -0.2) is 4.98 Å². The molecular formula is C15H14N2O4. The Morgan fingerprint density at radius 3 is 2.67 bits per heavy atom. The summed E-state index contributed by atoms with van der Waals surface area (Å²) in [6.07, 6.45) is 1.47. The first-order valence-electron chi connectivity index (χ1n) is 6.29. The lowest BCUT2D eigenvalue weighted by Gasteiger charge is -2.11. The predicted molar refractivity (Wildman–Crippen MR) is 76.9 cm³/mol. The molecule has 0 aliphatic carbocycles. The van der Waals surface area contributed by atoms with Crippen LogP contribution in [0.15, 0.2) is 30.5 Å². The van der Waals surface area contributed by atoms with Crippen LogP contribution >= 0.6 is 0 Å². The van der Waals surface area contributed by atoms with Crippen molar-refractivity contribution in [3.63, 3.8) is 0 Å². The molecule has 0 aliphatic heterocycles. The van der Waals surface area contributed by atoms with Crippen LogP contribution in [-0.4, -0.2) is 15.7 Å². The van der Waals surface area contributed by atoms with E-state index in [2.05, 4.69) is 4.98 Å². The highest BCUT2D eigenvalue weighted by molar-refractivity contribution is 5.96. The van der Waals surface area contributed by atoms with Gasteiger partial charge in [0.05, 0.1) is 10.5 Å². The summed E-state index contributed by atoms with van der Waals surface area (Å²) in [5.74, 6) is -0.0441. The summed E-state index contributed by atoms with van der Waals surface area (Å²) in [7, 11) is 0. The van der Waals surface area contributed by atoms with E-state index in [9.17, 15) is 14.9 Å². The number of ether oxygens (including phenoxy) is 1. The zero-order chi connectivity index (χ0) is 15.6. The van der Waals surface area contributed by atoms with Crippen molar-refractivity contribution in [2.75, 3.05) is 0 Å². The number of hydrogen-bond donors (Lipinski definition) is 0. The molecule has 6 heteroatoms. The molecule has 0 saturated carbocycles. The molecule has 0 atom stereocenters. The van der Waals surface area contributed by atoms with Gasteiger partial charge in [-0.3, -0.25) is 14.9 Å². The van der Waals surface area contributed by atoms with E-state index in [0.717, 1.165) is 5.56 Å². The van der Waals surface area contributed by atoms with Crippen molar-refractivity contribution in [3.8, 4) is 11.6 Å². The molecule has 1 heterocycles. The van der Waals surface area contributed by atoms with Gasteiger partial charge in [-0.05, 0) is 44.0 Å². The van der Waals surface area contributed by atoms with Crippen molar-refractivity contribution >= 4 is 11.5 Å². The maximum absolute atomic E-state index is 11.6. The first-order chi connectivity index (χ1) is 9.90. The standard InChI is InChI=1S/C15H14N2O4/c1-9-7-10(2)14(13(8-9)17(19)20)21-15-12(11(3)18)5-4-6-16-15/h4-8H,1-3H3. The van der Waals surface area contributed by atoms with Crippen LogP contribution in [0.1, 0.15) is 28.4 Å². The first kappa shape index (κ1) is 14.6. The minimum atomic E-state index is -0.508. The maximum Gasteiger partial charge on any atom is 0.312 e. The van der Waals surface area contributed by atoms with Crippen molar-refractivity contribution in [1.82, 2.24) is 4.98 Å². The van der Waals surface area contributed by atoms with Gasteiger partial charge in [-0.1, -0.05) is 6.07 Å². The largest absolute Gasteiger partial charge is 0.431 e. The minimum Gasteiger partial charge on any atom is -0.431 e. The monoisotopic (exact) mass is 286 g/mol. The van der Waals surface area contributed by atoms with E-state index in [-0.39, 0.29) is 28.7 Å². The van der Waals surface area contributed by atoms with Gasteiger partial charge in [-0.2, -0.15) is 0 Å². The lowest BCUT2D eigenvalue weighted by molar-refractivity contribution is -0.385. The van der Waals surface area contributed by atoms with Gasteiger partial charge < -0.3 is 4.74 Å². The van der Waals surface area contributed by atoms with Crippen LogP contribution in [-0.2, 0) is 0 Å². The summed E-state index contributed by atoms with van der Waals surface area (Å²) in [6, 6.07) is 6.39. The first-order valence-corrected chi connectivity index (χ1v) is 6.29. The highest BCUT2D eigenvalue weighted by Gasteiger charge is 2.21. The number of aromatic nitrogens is 1. The zero-order valence-corrected chi connectivity index (χ0v) is 11.9. The van der Waals surface area contributed by atoms with Crippen LogP contribution in [0, 0.1) is 24.0 Å². The van der Waals surface area contributed by atoms with Crippen molar-refractivity contribution in [3.05, 3.63) is 57.3 Å². The van der Waals surface area contributed by atoms with Crippen LogP contribution in [0.3, 0.4) is 0 Å². The summed E-state index contributed by atoms with van der Waals surface area (Å²) in [5.41, 5.74) is 1.51. The Morgan fingerprint density at radius 1 is 1.33 bits per heavy atom. The van der Waals surface area contributed by atoms with Gasteiger partial charge >= 0.3 is 5.69 Å². The van der Waals surface area contributed by atoms with E-state index in [1.54, 1.807) is 32.0 Å². The van der Waals surface area contributed by atoms with Crippen LogP contribution in [0.5, 0.6) is 11.6 Å². The van der Waals surface area contributed by atoms with Gasteiger partial charge in [0, 0.05) is 12.3 Å². The van der Waals surface area contributed by atoms with E-state index in [1.807, 2.05) is 0 Å². The van der Waals surface area contributed by atoms with E-state index in [1.165, 1.54) is 19.2 Å². The quantitative estimate of drug-likeness (QED) is 0.487. The van der Waals surface area contributed by atoms with Gasteiger partial charge in [0.25, 0.3) is 0 Å². The smallest absolute Gasteiger partial charge is 0.312 e. The van der Waals surface area contributed by atoms with Crippen LogP contribution in [0.25, 0.3) is 0 Å². The molecule has 0 bridgehead atoms. The number of nitro groups is 1. The third-order valence-electron chi connectivity index (χ3n) is 2.95. The number of rotatable bonds is 4. The number of carbonyl (C=O) groups excluding carboxylic acids is 1. The third-order valence-corrected chi connectivity index (χ3v) is 2.95. The van der Waals surface area contributed by atoms with Crippen LogP contribution < -0.4 is 4.74 Å².